The number of carbonyl (C=O) groups is 2. The number of unbranched alkanes of at least 4 members (excludes halogenated alkanes) is 8. The van der Waals surface area contributed by atoms with Crippen molar-refractivity contribution in [2.75, 3.05) is 24.9 Å². The third kappa shape index (κ3) is 9.56. The molecular weight excluding hydrogens is 416 g/mol. The van der Waals surface area contributed by atoms with Crippen LogP contribution < -0.4 is 20.1 Å². The largest absolute Gasteiger partial charge is 0.493 e. The molecule has 6 heteroatoms. The van der Waals surface area contributed by atoms with Gasteiger partial charge in [0.1, 0.15) is 0 Å². The van der Waals surface area contributed by atoms with Gasteiger partial charge in [-0.05, 0) is 42.8 Å². The van der Waals surface area contributed by atoms with E-state index in [0.717, 1.165) is 12.8 Å². The normalized spacial score (nSPS) is 10.5. The van der Waals surface area contributed by atoms with Gasteiger partial charge in [-0.15, -0.1) is 0 Å². The molecule has 0 aromatic heterocycles. The van der Waals surface area contributed by atoms with Crippen LogP contribution >= 0.6 is 0 Å². The molecule has 0 fully saturated rings. The SMILES string of the molecule is CCCCCCCCCCCC(=O)Nc1cccc(NC(=O)c2ccc(OC)c(OC)c2)c1. The van der Waals surface area contributed by atoms with Gasteiger partial charge in [0.05, 0.1) is 14.2 Å². The Morgan fingerprint density at radius 2 is 1.33 bits per heavy atom. The summed E-state index contributed by atoms with van der Waals surface area (Å²) in [6.07, 6.45) is 11.5. The van der Waals surface area contributed by atoms with E-state index in [9.17, 15) is 9.59 Å². The van der Waals surface area contributed by atoms with Crippen molar-refractivity contribution in [2.45, 2.75) is 71.1 Å². The highest BCUT2D eigenvalue weighted by Gasteiger charge is 2.11. The van der Waals surface area contributed by atoms with Crippen molar-refractivity contribution in [2.24, 2.45) is 0 Å². The number of hydrogen-bond donors (Lipinski definition) is 2. The van der Waals surface area contributed by atoms with Gasteiger partial charge in [0, 0.05) is 23.4 Å². The van der Waals surface area contributed by atoms with Crippen LogP contribution in [0.5, 0.6) is 11.5 Å². The van der Waals surface area contributed by atoms with Crippen molar-refractivity contribution >= 4 is 23.2 Å². The first-order valence-corrected chi connectivity index (χ1v) is 12.0. The molecule has 0 radical (unpaired) electrons. The lowest BCUT2D eigenvalue weighted by molar-refractivity contribution is -0.116. The summed E-state index contributed by atoms with van der Waals surface area (Å²) in [5.74, 6) is 0.781. The van der Waals surface area contributed by atoms with Crippen LogP contribution in [0.4, 0.5) is 11.4 Å². The second-order valence-electron chi connectivity index (χ2n) is 8.23. The molecule has 0 bridgehead atoms. The number of benzene rings is 2. The first-order valence-electron chi connectivity index (χ1n) is 12.0. The summed E-state index contributed by atoms with van der Waals surface area (Å²) in [5, 5.41) is 5.79. The molecule has 0 unspecified atom stereocenters. The Hall–Kier alpha value is -3.02. The fraction of sp³-hybridized carbons (Fsp3) is 0.481. The highest BCUT2D eigenvalue weighted by Crippen LogP contribution is 2.28. The molecule has 2 aromatic carbocycles. The van der Waals surface area contributed by atoms with Gasteiger partial charge in [0.15, 0.2) is 11.5 Å². The topological polar surface area (TPSA) is 76.7 Å². The number of nitrogens with one attached hydrogen (secondary N) is 2. The number of ether oxygens (including phenoxy) is 2. The second kappa shape index (κ2) is 14.9. The third-order valence-electron chi connectivity index (χ3n) is 5.56. The van der Waals surface area contributed by atoms with Gasteiger partial charge < -0.3 is 20.1 Å². The summed E-state index contributed by atoms with van der Waals surface area (Å²) in [5.41, 5.74) is 1.73. The number of anilines is 2. The molecule has 0 aliphatic heterocycles. The van der Waals surface area contributed by atoms with Crippen LogP contribution in [0.25, 0.3) is 0 Å². The smallest absolute Gasteiger partial charge is 0.255 e. The van der Waals surface area contributed by atoms with Crippen LogP contribution in [-0.4, -0.2) is 26.0 Å². The number of methoxy groups -OCH3 is 2. The number of carbonyl (C=O) groups excluding carboxylic acids is 2. The predicted molar refractivity (Wildman–Crippen MR) is 134 cm³/mol. The maximum atomic E-state index is 12.6. The van der Waals surface area contributed by atoms with Crippen molar-refractivity contribution in [3.63, 3.8) is 0 Å². The minimum Gasteiger partial charge on any atom is -0.493 e. The molecular formula is C27H38N2O4. The van der Waals surface area contributed by atoms with Crippen molar-refractivity contribution in [1.29, 1.82) is 0 Å². The summed E-state index contributed by atoms with van der Waals surface area (Å²) < 4.78 is 10.5. The zero-order valence-corrected chi connectivity index (χ0v) is 20.2. The Labute approximate surface area is 198 Å². The van der Waals surface area contributed by atoms with Crippen LogP contribution in [0.3, 0.4) is 0 Å². The van der Waals surface area contributed by atoms with E-state index in [0.29, 0.717) is 34.9 Å². The van der Waals surface area contributed by atoms with E-state index in [4.69, 9.17) is 9.47 Å². The Bertz CT molecular complexity index is 882. The first kappa shape index (κ1) is 26.2. The van der Waals surface area contributed by atoms with Crippen LogP contribution in [0, 0.1) is 0 Å². The molecule has 2 amide bonds. The van der Waals surface area contributed by atoms with Gasteiger partial charge in [0.25, 0.3) is 5.91 Å². The quantitative estimate of drug-likeness (QED) is 0.290. The van der Waals surface area contributed by atoms with Crippen LogP contribution in [-0.2, 0) is 4.79 Å². The Morgan fingerprint density at radius 3 is 1.97 bits per heavy atom. The van der Waals surface area contributed by atoms with Gasteiger partial charge in [-0.25, -0.2) is 0 Å². The van der Waals surface area contributed by atoms with E-state index >= 15 is 0 Å². The van der Waals surface area contributed by atoms with Crippen LogP contribution in [0.15, 0.2) is 42.5 Å². The molecule has 2 N–H and O–H groups in total. The average Bonchev–Trinajstić information content (AvgIpc) is 2.82. The molecule has 0 aliphatic rings. The first-order chi connectivity index (χ1) is 16.1. The molecule has 2 rings (SSSR count). The highest BCUT2D eigenvalue weighted by molar-refractivity contribution is 6.05. The van der Waals surface area contributed by atoms with Gasteiger partial charge in [-0.2, -0.15) is 0 Å². The van der Waals surface area contributed by atoms with Gasteiger partial charge >= 0.3 is 0 Å². The van der Waals surface area contributed by atoms with E-state index in [1.165, 1.54) is 52.1 Å². The van der Waals surface area contributed by atoms with E-state index < -0.39 is 0 Å². The standard InChI is InChI=1S/C27H38N2O4/c1-4-5-6-7-8-9-10-11-12-16-26(30)28-22-14-13-15-23(20-22)29-27(31)21-17-18-24(32-2)25(19-21)33-3/h13-15,17-20H,4-12,16H2,1-3H3,(H,28,30)(H,29,31). The van der Waals surface area contributed by atoms with Crippen molar-refractivity contribution in [3.8, 4) is 11.5 Å². The molecule has 0 saturated carbocycles. The number of amides is 2. The molecule has 6 nitrogen and oxygen atoms in total. The van der Waals surface area contributed by atoms with Crippen molar-refractivity contribution in [1.82, 2.24) is 0 Å². The second-order valence-corrected chi connectivity index (χ2v) is 8.23. The molecule has 0 spiro atoms. The molecule has 33 heavy (non-hydrogen) atoms. The molecule has 180 valence electrons. The van der Waals surface area contributed by atoms with Crippen LogP contribution in [0.1, 0.15) is 81.5 Å². The van der Waals surface area contributed by atoms with Gasteiger partial charge in [-0.1, -0.05) is 64.4 Å². The summed E-state index contributed by atoms with van der Waals surface area (Å²) >= 11 is 0. The maximum Gasteiger partial charge on any atom is 0.255 e. The zero-order valence-electron chi connectivity index (χ0n) is 20.2. The minimum atomic E-state index is -0.269. The molecule has 0 atom stereocenters. The Balaban J connectivity index is 1.76. The third-order valence-corrected chi connectivity index (χ3v) is 5.56. The van der Waals surface area contributed by atoms with Gasteiger partial charge in [0.2, 0.25) is 5.91 Å². The zero-order chi connectivity index (χ0) is 23.9. The summed E-state index contributed by atoms with van der Waals surface area (Å²) in [6, 6.07) is 12.2. The van der Waals surface area contributed by atoms with E-state index in [1.807, 2.05) is 6.07 Å². The van der Waals surface area contributed by atoms with Crippen molar-refractivity contribution in [3.05, 3.63) is 48.0 Å². The molecule has 2 aromatic rings. The van der Waals surface area contributed by atoms with Crippen LogP contribution in [0.2, 0.25) is 0 Å². The highest BCUT2D eigenvalue weighted by atomic mass is 16.5. The number of rotatable bonds is 15. The fourth-order valence-corrected chi connectivity index (χ4v) is 3.68. The maximum absolute atomic E-state index is 12.6. The molecule has 0 aliphatic carbocycles. The van der Waals surface area contributed by atoms with E-state index in [1.54, 1.807) is 43.5 Å². The monoisotopic (exact) mass is 454 g/mol. The lowest BCUT2D eigenvalue weighted by Gasteiger charge is -2.11. The lowest BCUT2D eigenvalue weighted by atomic mass is 10.1. The molecule has 0 heterocycles. The summed E-state index contributed by atoms with van der Waals surface area (Å²) in [7, 11) is 3.08. The van der Waals surface area contributed by atoms with E-state index in [2.05, 4.69) is 17.6 Å². The average molecular weight is 455 g/mol. The van der Waals surface area contributed by atoms with Crippen molar-refractivity contribution < 1.29 is 19.1 Å². The van der Waals surface area contributed by atoms with Gasteiger partial charge in [-0.3, -0.25) is 9.59 Å². The number of hydrogen-bond acceptors (Lipinski definition) is 4. The predicted octanol–water partition coefficient (Wildman–Crippen LogP) is 6.82. The minimum absolute atomic E-state index is 0.00122. The Kier molecular flexibility index (Phi) is 11.9. The molecule has 0 saturated heterocycles. The Morgan fingerprint density at radius 1 is 0.727 bits per heavy atom. The summed E-state index contributed by atoms with van der Waals surface area (Å²) in [4.78, 5) is 24.9. The fourth-order valence-electron chi connectivity index (χ4n) is 3.68. The van der Waals surface area contributed by atoms with E-state index in [-0.39, 0.29) is 11.8 Å². The lowest BCUT2D eigenvalue weighted by Crippen LogP contribution is -2.14. The summed E-state index contributed by atoms with van der Waals surface area (Å²) in [6.45, 7) is 2.23.